The largest absolute Gasteiger partial charge is 0.480 e. The van der Waals surface area contributed by atoms with E-state index in [0.29, 0.717) is 11.7 Å². The highest BCUT2D eigenvalue weighted by molar-refractivity contribution is 5.66. The highest BCUT2D eigenvalue weighted by Crippen LogP contribution is 2.27. The van der Waals surface area contributed by atoms with Crippen LogP contribution in [0.4, 0.5) is 0 Å². The molecule has 0 amide bonds. The van der Waals surface area contributed by atoms with Crippen molar-refractivity contribution in [2.75, 3.05) is 0 Å². The molecule has 16 heavy (non-hydrogen) atoms. The van der Waals surface area contributed by atoms with Gasteiger partial charge in [0.15, 0.2) is 0 Å². The first kappa shape index (κ1) is 11.1. The molecular formula is C11H17N3O2. The van der Waals surface area contributed by atoms with Crippen LogP contribution in [0.3, 0.4) is 0 Å². The van der Waals surface area contributed by atoms with Crippen LogP contribution in [-0.2, 0) is 17.8 Å². The number of nitrogens with zero attached hydrogens (tertiary/aromatic N) is 3. The first-order valence-electron chi connectivity index (χ1n) is 5.77. The van der Waals surface area contributed by atoms with Crippen LogP contribution in [0.5, 0.6) is 0 Å². The van der Waals surface area contributed by atoms with Gasteiger partial charge in [-0.2, -0.15) is 0 Å². The van der Waals surface area contributed by atoms with Gasteiger partial charge in [0, 0.05) is 6.42 Å². The molecule has 88 valence electrons. The fraction of sp³-hybridized carbons (Fsp3) is 0.727. The summed E-state index contributed by atoms with van der Waals surface area (Å²) >= 11 is 0. The van der Waals surface area contributed by atoms with Crippen LogP contribution in [0, 0.1) is 12.8 Å². The molecular weight excluding hydrogens is 206 g/mol. The summed E-state index contributed by atoms with van der Waals surface area (Å²) in [5.74, 6) is 1.34. The summed E-state index contributed by atoms with van der Waals surface area (Å²) in [6, 6.07) is 0. The number of carboxylic acid groups (broad SMARTS) is 1. The van der Waals surface area contributed by atoms with E-state index in [0.717, 1.165) is 12.2 Å². The Bertz CT molecular complexity index is 381. The topological polar surface area (TPSA) is 68.0 Å². The zero-order valence-corrected chi connectivity index (χ0v) is 9.52. The molecule has 0 atom stereocenters. The van der Waals surface area contributed by atoms with Crippen LogP contribution < -0.4 is 0 Å². The molecule has 1 N–H and O–H groups in total. The number of aliphatic carboxylic acids is 1. The van der Waals surface area contributed by atoms with Crippen molar-refractivity contribution in [2.45, 2.75) is 45.6 Å². The summed E-state index contributed by atoms with van der Waals surface area (Å²) in [5.41, 5.74) is 0. The predicted molar refractivity (Wildman–Crippen MR) is 58.1 cm³/mol. The van der Waals surface area contributed by atoms with E-state index in [1.165, 1.54) is 25.7 Å². The van der Waals surface area contributed by atoms with E-state index in [1.807, 2.05) is 0 Å². The predicted octanol–water partition coefficient (Wildman–Crippen LogP) is 1.40. The fourth-order valence-corrected chi connectivity index (χ4v) is 2.39. The molecule has 1 saturated carbocycles. The number of carbonyl (C=O) groups is 1. The Balaban J connectivity index is 2.10. The summed E-state index contributed by atoms with van der Waals surface area (Å²) in [4.78, 5) is 10.7. The quantitative estimate of drug-likeness (QED) is 0.837. The van der Waals surface area contributed by atoms with E-state index in [2.05, 4.69) is 10.2 Å². The van der Waals surface area contributed by atoms with Crippen molar-refractivity contribution in [1.29, 1.82) is 0 Å². The molecule has 5 heteroatoms. The molecule has 0 aromatic carbocycles. The van der Waals surface area contributed by atoms with Crippen molar-refractivity contribution in [1.82, 2.24) is 14.8 Å². The summed E-state index contributed by atoms with van der Waals surface area (Å²) in [6.07, 6.45) is 5.92. The highest BCUT2D eigenvalue weighted by atomic mass is 16.4. The van der Waals surface area contributed by atoms with Gasteiger partial charge in [-0.05, 0) is 12.8 Å². The average molecular weight is 223 g/mol. The van der Waals surface area contributed by atoms with Gasteiger partial charge in [0.2, 0.25) is 0 Å². The van der Waals surface area contributed by atoms with Gasteiger partial charge in [-0.25, -0.2) is 0 Å². The minimum atomic E-state index is -0.837. The second-order valence-corrected chi connectivity index (χ2v) is 4.50. The second kappa shape index (κ2) is 4.63. The molecule has 5 nitrogen and oxygen atoms in total. The van der Waals surface area contributed by atoms with Gasteiger partial charge in [-0.3, -0.25) is 4.79 Å². The van der Waals surface area contributed by atoms with Gasteiger partial charge in [0.1, 0.15) is 18.2 Å². The lowest BCUT2D eigenvalue weighted by Crippen LogP contribution is -2.15. The van der Waals surface area contributed by atoms with Gasteiger partial charge < -0.3 is 9.67 Å². The van der Waals surface area contributed by atoms with Gasteiger partial charge in [0.05, 0.1) is 0 Å². The first-order valence-corrected chi connectivity index (χ1v) is 5.77. The maximum absolute atomic E-state index is 10.7. The molecule has 2 rings (SSSR count). The molecule has 1 aromatic heterocycles. The van der Waals surface area contributed by atoms with Crippen LogP contribution in [-0.4, -0.2) is 25.8 Å². The fourth-order valence-electron chi connectivity index (χ4n) is 2.39. The molecule has 0 radical (unpaired) electrons. The van der Waals surface area contributed by atoms with E-state index < -0.39 is 5.97 Å². The monoisotopic (exact) mass is 223 g/mol. The second-order valence-electron chi connectivity index (χ2n) is 4.50. The van der Waals surface area contributed by atoms with Crippen LogP contribution in [0.1, 0.15) is 37.3 Å². The summed E-state index contributed by atoms with van der Waals surface area (Å²) in [5, 5.41) is 16.9. The number of hydrogen-bond acceptors (Lipinski definition) is 3. The molecule has 0 saturated heterocycles. The van der Waals surface area contributed by atoms with Crippen LogP contribution in [0.2, 0.25) is 0 Å². The Labute approximate surface area is 94.5 Å². The van der Waals surface area contributed by atoms with E-state index in [9.17, 15) is 4.79 Å². The average Bonchev–Trinajstić information content (AvgIpc) is 2.82. The first-order chi connectivity index (χ1) is 7.66. The Hall–Kier alpha value is -1.39. The molecule has 0 aliphatic heterocycles. The molecule has 0 spiro atoms. The van der Waals surface area contributed by atoms with E-state index in [-0.39, 0.29) is 6.54 Å². The SMILES string of the molecule is Cc1nnc(CC2CCCC2)n1CC(=O)O. The Kier molecular flexibility index (Phi) is 3.22. The molecule has 0 unspecified atom stereocenters. The standard InChI is InChI=1S/C11H17N3O2/c1-8-12-13-10(14(8)7-11(15)16)6-9-4-2-3-5-9/h9H,2-7H2,1H3,(H,15,16). The van der Waals surface area contributed by atoms with Crippen molar-refractivity contribution in [3.05, 3.63) is 11.6 Å². The summed E-state index contributed by atoms with van der Waals surface area (Å²) < 4.78 is 1.71. The number of carboxylic acids is 1. The molecule has 1 aromatic rings. The van der Waals surface area contributed by atoms with Crippen molar-refractivity contribution >= 4 is 5.97 Å². The lowest BCUT2D eigenvalue weighted by atomic mass is 10.0. The van der Waals surface area contributed by atoms with Gasteiger partial charge in [-0.15, -0.1) is 10.2 Å². The molecule has 1 heterocycles. The third kappa shape index (κ3) is 2.40. The summed E-state index contributed by atoms with van der Waals surface area (Å²) in [6.45, 7) is 1.77. The van der Waals surface area contributed by atoms with Crippen LogP contribution >= 0.6 is 0 Å². The lowest BCUT2D eigenvalue weighted by molar-refractivity contribution is -0.137. The zero-order valence-electron chi connectivity index (χ0n) is 9.52. The normalized spacial score (nSPS) is 16.8. The smallest absolute Gasteiger partial charge is 0.323 e. The molecule has 1 fully saturated rings. The van der Waals surface area contributed by atoms with Gasteiger partial charge >= 0.3 is 5.97 Å². The molecule has 1 aliphatic rings. The van der Waals surface area contributed by atoms with Crippen LogP contribution in [0.15, 0.2) is 0 Å². The Morgan fingerprint density at radius 1 is 1.44 bits per heavy atom. The van der Waals surface area contributed by atoms with Gasteiger partial charge in [0.25, 0.3) is 0 Å². The molecule has 1 aliphatic carbocycles. The highest BCUT2D eigenvalue weighted by Gasteiger charge is 2.20. The maximum atomic E-state index is 10.7. The van der Waals surface area contributed by atoms with Crippen molar-refractivity contribution in [3.63, 3.8) is 0 Å². The summed E-state index contributed by atoms with van der Waals surface area (Å²) in [7, 11) is 0. The number of hydrogen-bond donors (Lipinski definition) is 1. The van der Waals surface area contributed by atoms with E-state index >= 15 is 0 Å². The van der Waals surface area contributed by atoms with Crippen molar-refractivity contribution in [3.8, 4) is 0 Å². The van der Waals surface area contributed by atoms with Crippen LogP contribution in [0.25, 0.3) is 0 Å². The lowest BCUT2D eigenvalue weighted by Gasteiger charge is -2.09. The Morgan fingerprint density at radius 3 is 2.75 bits per heavy atom. The minimum Gasteiger partial charge on any atom is -0.480 e. The number of aryl methyl sites for hydroxylation is 1. The Morgan fingerprint density at radius 2 is 2.12 bits per heavy atom. The van der Waals surface area contributed by atoms with E-state index in [1.54, 1.807) is 11.5 Å². The number of aromatic nitrogens is 3. The van der Waals surface area contributed by atoms with E-state index in [4.69, 9.17) is 5.11 Å². The third-order valence-corrected chi connectivity index (χ3v) is 3.25. The van der Waals surface area contributed by atoms with Gasteiger partial charge in [-0.1, -0.05) is 25.7 Å². The van der Waals surface area contributed by atoms with Crippen molar-refractivity contribution in [2.24, 2.45) is 5.92 Å². The maximum Gasteiger partial charge on any atom is 0.323 e. The zero-order chi connectivity index (χ0) is 11.5. The number of rotatable bonds is 4. The van der Waals surface area contributed by atoms with Crippen molar-refractivity contribution < 1.29 is 9.90 Å². The minimum absolute atomic E-state index is 0.0269. The molecule has 0 bridgehead atoms. The third-order valence-electron chi connectivity index (χ3n) is 3.25.